The first-order chi connectivity index (χ1) is 30.3. The Kier molecular flexibility index (Phi) is 42.1. The van der Waals surface area contributed by atoms with Gasteiger partial charge in [0.2, 0.25) is 5.91 Å². The summed E-state index contributed by atoms with van der Waals surface area (Å²) in [4.78, 5) is 13.0. The molecule has 9 nitrogen and oxygen atoms in total. The summed E-state index contributed by atoms with van der Waals surface area (Å²) in [6, 6.07) is -0.712. The van der Waals surface area contributed by atoms with Gasteiger partial charge in [0.1, 0.15) is 24.4 Å². The Hall–Kier alpha value is -0.810. The number of aliphatic hydroxyl groups is 5. The van der Waals surface area contributed by atoms with E-state index in [2.05, 4.69) is 19.2 Å². The fraction of sp³-hybridized carbons (Fsp3) is 0.981. The number of carbonyl (C=O) groups is 1. The Balaban J connectivity index is 2.22. The normalized spacial score (nSPS) is 20.1. The fourth-order valence-electron chi connectivity index (χ4n) is 9.11. The molecular weight excluding hydrogens is 779 g/mol. The molecule has 1 amide bonds. The zero-order chi connectivity index (χ0) is 45.1. The molecule has 1 saturated heterocycles. The van der Waals surface area contributed by atoms with E-state index in [4.69, 9.17) is 9.47 Å². The number of hydrogen-bond acceptors (Lipinski definition) is 8. The summed E-state index contributed by atoms with van der Waals surface area (Å²) < 4.78 is 11.3. The number of amides is 1. The van der Waals surface area contributed by atoms with Crippen LogP contribution in [0.3, 0.4) is 0 Å². The first-order valence-corrected chi connectivity index (χ1v) is 27.2. The van der Waals surface area contributed by atoms with E-state index in [9.17, 15) is 30.3 Å². The van der Waals surface area contributed by atoms with E-state index in [0.29, 0.717) is 12.8 Å². The minimum absolute atomic E-state index is 0.131. The minimum Gasteiger partial charge on any atom is -0.394 e. The maximum absolute atomic E-state index is 13.0. The number of nitrogens with one attached hydrogen (secondary N) is 1. The standard InChI is InChI=1S/C53H105NO8/c1-3-5-7-9-11-13-15-17-19-21-23-24-25-27-29-31-33-35-37-39-41-43-49(57)54-46(45-61-53-52(60)51(59)50(58)48(44-55)62-53)47(56)42-40-38-36-34-32-30-28-26-22-20-18-16-14-12-10-8-6-4-2/h46-48,50-53,55-56,58-60H,3-45H2,1-2H3,(H,54,57). The smallest absolute Gasteiger partial charge is 0.220 e. The van der Waals surface area contributed by atoms with Crippen molar-refractivity contribution in [2.75, 3.05) is 13.2 Å². The van der Waals surface area contributed by atoms with Crippen LogP contribution in [0.2, 0.25) is 0 Å². The Morgan fingerprint density at radius 2 is 0.806 bits per heavy atom. The van der Waals surface area contributed by atoms with Crippen molar-refractivity contribution in [3.05, 3.63) is 0 Å². The van der Waals surface area contributed by atoms with Gasteiger partial charge in [-0.3, -0.25) is 4.79 Å². The van der Waals surface area contributed by atoms with Gasteiger partial charge in [0.05, 0.1) is 25.4 Å². The predicted molar refractivity (Wildman–Crippen MR) is 258 cm³/mol. The van der Waals surface area contributed by atoms with Gasteiger partial charge < -0.3 is 40.3 Å². The Bertz CT molecular complexity index is 939. The van der Waals surface area contributed by atoms with Gasteiger partial charge in [-0.25, -0.2) is 0 Å². The zero-order valence-electron chi connectivity index (χ0n) is 40.9. The third kappa shape index (κ3) is 33.6. The van der Waals surface area contributed by atoms with E-state index in [0.717, 1.165) is 38.5 Å². The first-order valence-electron chi connectivity index (χ1n) is 27.2. The lowest BCUT2D eigenvalue weighted by molar-refractivity contribution is -0.302. The quantitative estimate of drug-likeness (QED) is 0.0331. The molecule has 1 rings (SSSR count). The van der Waals surface area contributed by atoms with Crippen LogP contribution in [0.1, 0.15) is 277 Å². The maximum Gasteiger partial charge on any atom is 0.220 e. The third-order valence-electron chi connectivity index (χ3n) is 13.5. The van der Waals surface area contributed by atoms with Crippen LogP contribution in [0.15, 0.2) is 0 Å². The van der Waals surface area contributed by atoms with E-state index in [-0.39, 0.29) is 12.5 Å². The average Bonchev–Trinajstić information content (AvgIpc) is 3.27. The minimum atomic E-state index is -1.55. The molecule has 1 aliphatic heterocycles. The van der Waals surface area contributed by atoms with Gasteiger partial charge in [-0.2, -0.15) is 0 Å². The topological polar surface area (TPSA) is 149 Å². The van der Waals surface area contributed by atoms with Gasteiger partial charge in [0, 0.05) is 6.42 Å². The van der Waals surface area contributed by atoms with E-state index < -0.39 is 49.5 Å². The molecule has 1 aliphatic rings. The lowest BCUT2D eigenvalue weighted by Gasteiger charge is -2.40. The highest BCUT2D eigenvalue weighted by atomic mass is 16.7. The van der Waals surface area contributed by atoms with Crippen molar-refractivity contribution < 1.29 is 39.8 Å². The third-order valence-corrected chi connectivity index (χ3v) is 13.5. The molecule has 1 heterocycles. The Morgan fingerprint density at radius 1 is 0.484 bits per heavy atom. The maximum atomic E-state index is 13.0. The van der Waals surface area contributed by atoms with Gasteiger partial charge in [-0.05, 0) is 12.8 Å². The molecule has 0 aromatic carbocycles. The van der Waals surface area contributed by atoms with E-state index in [1.807, 2.05) is 0 Å². The largest absolute Gasteiger partial charge is 0.394 e. The number of aliphatic hydroxyl groups excluding tert-OH is 5. The summed E-state index contributed by atoms with van der Waals surface area (Å²) in [5, 5.41) is 54.6. The van der Waals surface area contributed by atoms with Crippen molar-refractivity contribution in [1.29, 1.82) is 0 Å². The lowest BCUT2D eigenvalue weighted by atomic mass is 9.99. The van der Waals surface area contributed by atoms with Crippen LogP contribution < -0.4 is 5.32 Å². The van der Waals surface area contributed by atoms with Crippen LogP contribution in [0.25, 0.3) is 0 Å². The molecule has 0 radical (unpaired) electrons. The number of carbonyl (C=O) groups excluding carboxylic acids is 1. The summed E-state index contributed by atoms with van der Waals surface area (Å²) in [5.41, 5.74) is 0. The van der Waals surface area contributed by atoms with Crippen LogP contribution in [-0.4, -0.2) is 87.5 Å². The van der Waals surface area contributed by atoms with E-state index >= 15 is 0 Å². The van der Waals surface area contributed by atoms with Crippen molar-refractivity contribution in [2.24, 2.45) is 0 Å². The average molecular weight is 884 g/mol. The monoisotopic (exact) mass is 884 g/mol. The number of ether oxygens (including phenoxy) is 2. The van der Waals surface area contributed by atoms with Crippen molar-refractivity contribution in [3.8, 4) is 0 Å². The van der Waals surface area contributed by atoms with Crippen LogP contribution in [0.4, 0.5) is 0 Å². The SMILES string of the molecule is CCCCCCCCCCCCCCCCCCCCCCCC(=O)NC(COC1OC(CO)C(O)C(O)C1O)C(O)CCCCCCCCCCCCCCCCCCCC. The molecule has 370 valence electrons. The Morgan fingerprint density at radius 3 is 1.15 bits per heavy atom. The molecule has 0 bridgehead atoms. The van der Waals surface area contributed by atoms with Gasteiger partial charge in [0.15, 0.2) is 6.29 Å². The lowest BCUT2D eigenvalue weighted by Crippen LogP contribution is -2.60. The summed E-state index contributed by atoms with van der Waals surface area (Å²) in [6.45, 7) is 3.88. The second kappa shape index (κ2) is 44.0. The zero-order valence-corrected chi connectivity index (χ0v) is 40.9. The van der Waals surface area contributed by atoms with Crippen LogP contribution in [0.5, 0.6) is 0 Å². The highest BCUT2D eigenvalue weighted by Crippen LogP contribution is 2.23. The molecule has 62 heavy (non-hydrogen) atoms. The molecule has 6 N–H and O–H groups in total. The van der Waals surface area contributed by atoms with Gasteiger partial charge in [0.25, 0.3) is 0 Å². The summed E-state index contributed by atoms with van der Waals surface area (Å²) in [6.07, 6.45) is 44.0. The molecule has 0 aliphatic carbocycles. The summed E-state index contributed by atoms with van der Waals surface area (Å²) >= 11 is 0. The van der Waals surface area contributed by atoms with E-state index in [1.54, 1.807) is 0 Å². The highest BCUT2D eigenvalue weighted by Gasteiger charge is 2.44. The molecule has 0 aromatic heterocycles. The fourth-order valence-corrected chi connectivity index (χ4v) is 9.11. The van der Waals surface area contributed by atoms with Crippen LogP contribution in [0, 0.1) is 0 Å². The second-order valence-corrected chi connectivity index (χ2v) is 19.4. The van der Waals surface area contributed by atoms with Gasteiger partial charge in [-0.15, -0.1) is 0 Å². The van der Waals surface area contributed by atoms with Crippen molar-refractivity contribution >= 4 is 5.91 Å². The molecule has 1 fully saturated rings. The number of hydrogen-bond donors (Lipinski definition) is 6. The number of rotatable bonds is 47. The van der Waals surface area contributed by atoms with E-state index in [1.165, 1.54) is 212 Å². The molecule has 7 unspecified atom stereocenters. The highest BCUT2D eigenvalue weighted by molar-refractivity contribution is 5.76. The summed E-state index contributed by atoms with van der Waals surface area (Å²) in [5.74, 6) is -0.137. The number of unbranched alkanes of at least 4 members (excludes halogenated alkanes) is 37. The second-order valence-electron chi connectivity index (χ2n) is 19.4. The van der Waals surface area contributed by atoms with Crippen molar-refractivity contribution in [1.82, 2.24) is 5.32 Å². The molecule has 0 aromatic rings. The Labute approximate surface area is 383 Å². The first kappa shape index (κ1) is 59.2. The summed E-state index contributed by atoms with van der Waals surface area (Å²) in [7, 11) is 0. The van der Waals surface area contributed by atoms with Crippen LogP contribution in [-0.2, 0) is 14.3 Å². The van der Waals surface area contributed by atoms with Gasteiger partial charge >= 0.3 is 0 Å². The molecular formula is C53H105NO8. The van der Waals surface area contributed by atoms with Crippen molar-refractivity contribution in [3.63, 3.8) is 0 Å². The van der Waals surface area contributed by atoms with Crippen LogP contribution >= 0.6 is 0 Å². The molecule has 7 atom stereocenters. The van der Waals surface area contributed by atoms with Gasteiger partial charge in [-0.1, -0.05) is 258 Å². The van der Waals surface area contributed by atoms with Crippen molar-refractivity contribution in [2.45, 2.75) is 320 Å². The molecule has 9 heteroatoms. The molecule has 0 saturated carbocycles. The predicted octanol–water partition coefficient (Wildman–Crippen LogP) is 12.7. The molecule has 0 spiro atoms.